The number of carbonyl (C=O) groups is 1. The van der Waals surface area contributed by atoms with Gasteiger partial charge in [-0.25, -0.2) is 0 Å². The second-order valence-corrected chi connectivity index (χ2v) is 11.1. The molecule has 0 aliphatic heterocycles. The minimum atomic E-state index is -1.60. The smallest absolute Gasteiger partial charge is 0.305 e. The van der Waals surface area contributed by atoms with Crippen LogP contribution in [-0.4, -0.2) is 28.0 Å². The van der Waals surface area contributed by atoms with Crippen molar-refractivity contribution in [2.45, 2.75) is 64.6 Å². The van der Waals surface area contributed by atoms with E-state index in [0.29, 0.717) is 6.42 Å². The van der Waals surface area contributed by atoms with Crippen molar-refractivity contribution in [3.05, 3.63) is 12.2 Å². The van der Waals surface area contributed by atoms with E-state index in [2.05, 4.69) is 50.8 Å². The van der Waals surface area contributed by atoms with Gasteiger partial charge in [0.1, 0.15) is 0 Å². The average molecular weight is 286 g/mol. The fraction of sp³-hybridized carbons (Fsp3) is 0.800. The van der Waals surface area contributed by atoms with Crippen LogP contribution in [0.25, 0.3) is 0 Å². The van der Waals surface area contributed by atoms with Crippen molar-refractivity contribution < 1.29 is 14.0 Å². The number of allylic oxidation sites excluding steroid dienone is 1. The van der Waals surface area contributed by atoms with Crippen LogP contribution in [0.2, 0.25) is 18.1 Å². The van der Waals surface area contributed by atoms with Gasteiger partial charge in [-0.2, -0.15) is 0 Å². The molecule has 0 saturated carbocycles. The van der Waals surface area contributed by atoms with Gasteiger partial charge in [-0.15, -0.1) is 0 Å². The van der Waals surface area contributed by atoms with Crippen molar-refractivity contribution in [2.75, 3.05) is 13.7 Å². The Balaban J connectivity index is 3.67. The average Bonchev–Trinajstić information content (AvgIpc) is 2.30. The minimum Gasteiger partial charge on any atom is -0.469 e. The molecule has 0 aromatic rings. The van der Waals surface area contributed by atoms with Crippen LogP contribution in [0.4, 0.5) is 0 Å². The molecule has 112 valence electrons. The Labute approximate surface area is 119 Å². The second kappa shape index (κ2) is 8.54. The first kappa shape index (κ1) is 18.4. The van der Waals surface area contributed by atoms with Gasteiger partial charge in [0.2, 0.25) is 0 Å². The number of hydrogen-bond donors (Lipinski definition) is 0. The lowest BCUT2D eigenvalue weighted by Crippen LogP contribution is -2.40. The SMILES string of the molecule is COC(=O)CCC/C=C/CCO[Si](C)(C)C(C)(C)C. The number of esters is 1. The quantitative estimate of drug-likeness (QED) is 0.289. The van der Waals surface area contributed by atoms with Crippen LogP contribution in [0, 0.1) is 0 Å². The van der Waals surface area contributed by atoms with Crippen LogP contribution in [0.3, 0.4) is 0 Å². The Morgan fingerprint density at radius 3 is 2.26 bits per heavy atom. The van der Waals surface area contributed by atoms with Crippen molar-refractivity contribution in [3.8, 4) is 0 Å². The summed E-state index contributed by atoms with van der Waals surface area (Å²) in [6, 6.07) is 0. The summed E-state index contributed by atoms with van der Waals surface area (Å²) in [6.45, 7) is 12.1. The molecule has 0 unspecified atom stereocenters. The highest BCUT2D eigenvalue weighted by Crippen LogP contribution is 2.36. The molecular weight excluding hydrogens is 256 g/mol. The van der Waals surface area contributed by atoms with E-state index in [-0.39, 0.29) is 11.0 Å². The van der Waals surface area contributed by atoms with Crippen LogP contribution in [0.5, 0.6) is 0 Å². The Hall–Kier alpha value is -0.613. The molecule has 0 aromatic carbocycles. The third-order valence-corrected chi connectivity index (χ3v) is 8.24. The fourth-order valence-corrected chi connectivity index (χ4v) is 2.36. The predicted octanol–water partition coefficient (Wildman–Crippen LogP) is 4.30. The van der Waals surface area contributed by atoms with E-state index >= 15 is 0 Å². The van der Waals surface area contributed by atoms with Crippen LogP contribution in [-0.2, 0) is 14.0 Å². The third-order valence-electron chi connectivity index (χ3n) is 3.70. The molecule has 0 saturated heterocycles. The molecule has 0 radical (unpaired) electrons. The van der Waals surface area contributed by atoms with Crippen molar-refractivity contribution in [3.63, 3.8) is 0 Å². The molecule has 19 heavy (non-hydrogen) atoms. The largest absolute Gasteiger partial charge is 0.469 e. The lowest BCUT2D eigenvalue weighted by atomic mass is 10.2. The molecule has 0 amide bonds. The summed E-state index contributed by atoms with van der Waals surface area (Å²) >= 11 is 0. The number of carbonyl (C=O) groups excluding carboxylic acids is 1. The maximum absolute atomic E-state index is 10.9. The minimum absolute atomic E-state index is 0.130. The van der Waals surface area contributed by atoms with Crippen LogP contribution in [0.15, 0.2) is 12.2 Å². The highest BCUT2D eigenvalue weighted by Gasteiger charge is 2.36. The van der Waals surface area contributed by atoms with E-state index in [0.717, 1.165) is 25.9 Å². The lowest BCUT2D eigenvalue weighted by Gasteiger charge is -2.36. The third kappa shape index (κ3) is 8.21. The Bertz CT molecular complexity index is 290. The van der Waals surface area contributed by atoms with E-state index < -0.39 is 8.32 Å². The van der Waals surface area contributed by atoms with E-state index in [1.165, 1.54) is 7.11 Å². The highest BCUT2D eigenvalue weighted by atomic mass is 28.4. The van der Waals surface area contributed by atoms with Gasteiger partial charge in [-0.3, -0.25) is 4.79 Å². The zero-order chi connectivity index (χ0) is 14.9. The van der Waals surface area contributed by atoms with Crippen molar-refractivity contribution in [2.24, 2.45) is 0 Å². The lowest BCUT2D eigenvalue weighted by molar-refractivity contribution is -0.140. The van der Waals surface area contributed by atoms with E-state index in [4.69, 9.17) is 4.43 Å². The van der Waals surface area contributed by atoms with Gasteiger partial charge in [-0.1, -0.05) is 32.9 Å². The summed E-state index contributed by atoms with van der Waals surface area (Å²) in [5.41, 5.74) is 0. The molecule has 0 aliphatic carbocycles. The summed E-state index contributed by atoms with van der Waals surface area (Å²) in [5, 5.41) is 0.275. The number of hydrogen-bond acceptors (Lipinski definition) is 3. The Morgan fingerprint density at radius 2 is 1.74 bits per heavy atom. The normalized spacial score (nSPS) is 12.9. The van der Waals surface area contributed by atoms with Gasteiger partial charge in [0.05, 0.1) is 7.11 Å². The van der Waals surface area contributed by atoms with Gasteiger partial charge in [0.25, 0.3) is 0 Å². The number of unbranched alkanes of at least 4 members (excludes halogenated alkanes) is 1. The summed E-state index contributed by atoms with van der Waals surface area (Å²) in [5.74, 6) is -0.130. The Morgan fingerprint density at radius 1 is 1.16 bits per heavy atom. The van der Waals surface area contributed by atoms with E-state index in [1.807, 2.05) is 0 Å². The highest BCUT2D eigenvalue weighted by molar-refractivity contribution is 6.74. The molecule has 0 aromatic heterocycles. The summed E-state index contributed by atoms with van der Waals surface area (Å²) in [6.07, 6.45) is 7.50. The first-order valence-electron chi connectivity index (χ1n) is 7.06. The molecular formula is C15H30O3Si. The summed E-state index contributed by atoms with van der Waals surface area (Å²) in [7, 11) is -0.168. The first-order chi connectivity index (χ1) is 8.70. The van der Waals surface area contributed by atoms with Gasteiger partial charge >= 0.3 is 5.97 Å². The summed E-state index contributed by atoms with van der Waals surface area (Å²) < 4.78 is 10.7. The molecule has 0 fully saturated rings. The standard InChI is InChI=1S/C15H30O3Si/c1-15(2,3)19(5,6)18-13-11-9-7-8-10-12-14(16)17-4/h7,9H,8,10-13H2,1-6H3/b9-7+. The number of ether oxygens (including phenoxy) is 1. The first-order valence-corrected chi connectivity index (χ1v) is 9.97. The van der Waals surface area contributed by atoms with E-state index in [9.17, 15) is 4.79 Å². The van der Waals surface area contributed by atoms with E-state index in [1.54, 1.807) is 0 Å². The van der Waals surface area contributed by atoms with Gasteiger partial charge in [0.15, 0.2) is 8.32 Å². The number of methoxy groups -OCH3 is 1. The molecule has 0 atom stereocenters. The zero-order valence-electron chi connectivity index (χ0n) is 13.4. The zero-order valence-corrected chi connectivity index (χ0v) is 14.4. The van der Waals surface area contributed by atoms with Crippen molar-refractivity contribution in [1.82, 2.24) is 0 Å². The van der Waals surface area contributed by atoms with Crippen LogP contribution >= 0.6 is 0 Å². The van der Waals surface area contributed by atoms with Gasteiger partial charge in [-0.05, 0) is 37.4 Å². The van der Waals surface area contributed by atoms with Crippen molar-refractivity contribution in [1.29, 1.82) is 0 Å². The molecule has 0 rings (SSSR count). The fourth-order valence-electron chi connectivity index (χ4n) is 1.30. The molecule has 0 aliphatic rings. The molecule has 3 nitrogen and oxygen atoms in total. The Kier molecular flexibility index (Phi) is 8.26. The molecule has 0 bridgehead atoms. The molecule has 4 heteroatoms. The van der Waals surface area contributed by atoms with Crippen molar-refractivity contribution >= 4 is 14.3 Å². The predicted molar refractivity (Wildman–Crippen MR) is 82.8 cm³/mol. The van der Waals surface area contributed by atoms with Crippen LogP contribution < -0.4 is 0 Å². The van der Waals surface area contributed by atoms with Gasteiger partial charge < -0.3 is 9.16 Å². The topological polar surface area (TPSA) is 35.5 Å². The van der Waals surface area contributed by atoms with Crippen LogP contribution in [0.1, 0.15) is 46.5 Å². The maximum atomic E-state index is 10.9. The monoisotopic (exact) mass is 286 g/mol. The molecule has 0 N–H and O–H groups in total. The second-order valence-electron chi connectivity index (χ2n) is 6.34. The number of rotatable bonds is 8. The maximum Gasteiger partial charge on any atom is 0.305 e. The molecule has 0 spiro atoms. The van der Waals surface area contributed by atoms with Gasteiger partial charge in [0, 0.05) is 13.0 Å². The summed E-state index contributed by atoms with van der Waals surface area (Å²) in [4.78, 5) is 10.9. The molecule has 0 heterocycles.